The SMILES string of the molecule is COCC1(CNC(=O)C2CCCOC2c2ccccc2)CCNCC1.Cl. The largest absolute Gasteiger partial charge is 0.384 e. The molecule has 26 heavy (non-hydrogen) atoms. The van der Waals surface area contributed by atoms with Crippen LogP contribution in [0.25, 0.3) is 0 Å². The molecule has 3 rings (SSSR count). The first kappa shape index (κ1) is 21.2. The summed E-state index contributed by atoms with van der Waals surface area (Å²) >= 11 is 0. The molecule has 146 valence electrons. The van der Waals surface area contributed by atoms with Crippen LogP contribution in [0.4, 0.5) is 0 Å². The van der Waals surface area contributed by atoms with Crippen molar-refractivity contribution in [1.29, 1.82) is 0 Å². The number of carbonyl (C=O) groups is 1. The lowest BCUT2D eigenvalue weighted by Gasteiger charge is -2.38. The summed E-state index contributed by atoms with van der Waals surface area (Å²) in [7, 11) is 1.74. The van der Waals surface area contributed by atoms with E-state index in [2.05, 4.69) is 22.8 Å². The van der Waals surface area contributed by atoms with E-state index in [1.807, 2.05) is 18.2 Å². The van der Waals surface area contributed by atoms with Gasteiger partial charge in [-0.3, -0.25) is 4.79 Å². The molecule has 0 spiro atoms. The van der Waals surface area contributed by atoms with Crippen molar-refractivity contribution >= 4 is 18.3 Å². The second-order valence-corrected chi connectivity index (χ2v) is 7.35. The quantitative estimate of drug-likeness (QED) is 0.794. The van der Waals surface area contributed by atoms with Crippen LogP contribution in [0.15, 0.2) is 30.3 Å². The van der Waals surface area contributed by atoms with E-state index in [0.717, 1.165) is 50.9 Å². The summed E-state index contributed by atoms with van der Waals surface area (Å²) in [6, 6.07) is 10.1. The zero-order valence-electron chi connectivity index (χ0n) is 15.5. The van der Waals surface area contributed by atoms with Crippen molar-refractivity contribution in [3.8, 4) is 0 Å². The van der Waals surface area contributed by atoms with Crippen LogP contribution in [0.3, 0.4) is 0 Å². The summed E-state index contributed by atoms with van der Waals surface area (Å²) in [5.41, 5.74) is 1.14. The highest BCUT2D eigenvalue weighted by Crippen LogP contribution is 2.34. The number of ether oxygens (including phenoxy) is 2. The number of nitrogens with one attached hydrogen (secondary N) is 2. The number of hydrogen-bond donors (Lipinski definition) is 2. The van der Waals surface area contributed by atoms with Gasteiger partial charge < -0.3 is 20.1 Å². The summed E-state index contributed by atoms with van der Waals surface area (Å²) in [5.74, 6) is 0.0000224. The Kier molecular flexibility index (Phi) is 8.35. The predicted octanol–water partition coefficient (Wildman–Crippen LogP) is 2.71. The van der Waals surface area contributed by atoms with Crippen molar-refractivity contribution in [3.05, 3.63) is 35.9 Å². The molecule has 0 saturated carbocycles. The summed E-state index contributed by atoms with van der Waals surface area (Å²) in [5, 5.41) is 6.61. The first-order valence-corrected chi connectivity index (χ1v) is 9.38. The molecule has 1 aromatic carbocycles. The molecule has 2 saturated heterocycles. The fourth-order valence-corrected chi connectivity index (χ4v) is 4.06. The monoisotopic (exact) mass is 382 g/mol. The van der Waals surface area contributed by atoms with Gasteiger partial charge in [0.1, 0.15) is 0 Å². The van der Waals surface area contributed by atoms with Crippen molar-refractivity contribution in [2.75, 3.05) is 40.0 Å². The average Bonchev–Trinajstić information content (AvgIpc) is 2.68. The van der Waals surface area contributed by atoms with Gasteiger partial charge in [0, 0.05) is 25.7 Å². The number of carbonyl (C=O) groups excluding carboxylic acids is 1. The minimum atomic E-state index is -0.138. The second-order valence-electron chi connectivity index (χ2n) is 7.35. The van der Waals surface area contributed by atoms with Crippen LogP contribution >= 0.6 is 12.4 Å². The van der Waals surface area contributed by atoms with Gasteiger partial charge in [-0.1, -0.05) is 30.3 Å². The highest BCUT2D eigenvalue weighted by Gasteiger charge is 2.36. The summed E-state index contributed by atoms with van der Waals surface area (Å²) < 4.78 is 11.4. The lowest BCUT2D eigenvalue weighted by Crippen LogP contribution is -2.49. The Bertz CT molecular complexity index is 544. The Balaban J connectivity index is 0.00000243. The molecule has 2 N–H and O–H groups in total. The Morgan fingerprint density at radius 2 is 2.04 bits per heavy atom. The first-order chi connectivity index (χ1) is 12.2. The number of halogens is 1. The van der Waals surface area contributed by atoms with Crippen LogP contribution < -0.4 is 10.6 Å². The second kappa shape index (κ2) is 10.3. The third-order valence-corrected chi connectivity index (χ3v) is 5.54. The standard InChI is InChI=1S/C20H30N2O3.ClH/c1-24-15-20(9-11-21-12-10-20)14-22-19(23)17-8-5-13-25-18(17)16-6-3-2-4-7-16;/h2-4,6-7,17-18,21H,5,8-15H2,1H3,(H,22,23);1H. The van der Waals surface area contributed by atoms with Gasteiger partial charge in [-0.25, -0.2) is 0 Å². The zero-order chi connectivity index (χ0) is 17.5. The minimum absolute atomic E-state index is 0. The van der Waals surface area contributed by atoms with Crippen LogP contribution in [0.2, 0.25) is 0 Å². The van der Waals surface area contributed by atoms with E-state index < -0.39 is 0 Å². The Hall–Kier alpha value is -1.14. The summed E-state index contributed by atoms with van der Waals surface area (Å²) in [6.07, 6.45) is 3.74. The van der Waals surface area contributed by atoms with Crippen LogP contribution in [-0.2, 0) is 14.3 Å². The van der Waals surface area contributed by atoms with Crippen LogP contribution in [-0.4, -0.2) is 45.9 Å². The molecule has 2 aliphatic heterocycles. The van der Waals surface area contributed by atoms with E-state index in [4.69, 9.17) is 9.47 Å². The maximum Gasteiger partial charge on any atom is 0.226 e. The molecule has 6 heteroatoms. The van der Waals surface area contributed by atoms with Gasteiger partial charge in [-0.15, -0.1) is 12.4 Å². The molecule has 2 atom stereocenters. The van der Waals surface area contributed by atoms with Crippen molar-refractivity contribution in [3.63, 3.8) is 0 Å². The van der Waals surface area contributed by atoms with E-state index in [9.17, 15) is 4.79 Å². The molecule has 2 unspecified atom stereocenters. The van der Waals surface area contributed by atoms with Crippen molar-refractivity contribution in [1.82, 2.24) is 10.6 Å². The minimum Gasteiger partial charge on any atom is -0.384 e. The van der Waals surface area contributed by atoms with Gasteiger partial charge in [-0.2, -0.15) is 0 Å². The Labute approximate surface area is 162 Å². The van der Waals surface area contributed by atoms with Gasteiger partial charge >= 0.3 is 0 Å². The molecule has 0 aromatic heterocycles. The topological polar surface area (TPSA) is 59.6 Å². The fourth-order valence-electron chi connectivity index (χ4n) is 4.06. The Morgan fingerprint density at radius 1 is 1.31 bits per heavy atom. The smallest absolute Gasteiger partial charge is 0.226 e. The fraction of sp³-hybridized carbons (Fsp3) is 0.650. The van der Waals surface area contributed by atoms with Crippen LogP contribution in [0.1, 0.15) is 37.4 Å². The van der Waals surface area contributed by atoms with Gasteiger partial charge in [0.2, 0.25) is 5.91 Å². The molecule has 0 bridgehead atoms. The van der Waals surface area contributed by atoms with E-state index in [1.165, 1.54) is 0 Å². The number of benzene rings is 1. The van der Waals surface area contributed by atoms with Crippen molar-refractivity contribution in [2.45, 2.75) is 31.8 Å². The van der Waals surface area contributed by atoms with Gasteiger partial charge in [0.15, 0.2) is 0 Å². The number of piperidine rings is 1. The number of hydrogen-bond acceptors (Lipinski definition) is 4. The van der Waals surface area contributed by atoms with E-state index in [0.29, 0.717) is 13.2 Å². The molecule has 2 aliphatic rings. The average molecular weight is 383 g/mol. The lowest BCUT2D eigenvalue weighted by atomic mass is 9.79. The molecule has 2 fully saturated rings. The van der Waals surface area contributed by atoms with Gasteiger partial charge in [-0.05, 0) is 44.3 Å². The number of rotatable bonds is 6. The molecule has 1 amide bonds. The maximum absolute atomic E-state index is 12.9. The zero-order valence-corrected chi connectivity index (χ0v) is 16.4. The van der Waals surface area contributed by atoms with E-state index in [1.54, 1.807) is 7.11 Å². The Morgan fingerprint density at radius 3 is 2.73 bits per heavy atom. The molecular formula is C20H31ClN2O3. The third-order valence-electron chi connectivity index (χ3n) is 5.54. The first-order valence-electron chi connectivity index (χ1n) is 9.38. The molecule has 0 aliphatic carbocycles. The van der Waals surface area contributed by atoms with Crippen LogP contribution in [0, 0.1) is 11.3 Å². The van der Waals surface area contributed by atoms with E-state index in [-0.39, 0.29) is 35.8 Å². The van der Waals surface area contributed by atoms with Crippen LogP contribution in [0.5, 0.6) is 0 Å². The lowest BCUT2D eigenvalue weighted by molar-refractivity contribution is -0.135. The van der Waals surface area contributed by atoms with Crippen molar-refractivity contribution < 1.29 is 14.3 Å². The molecule has 5 nitrogen and oxygen atoms in total. The highest BCUT2D eigenvalue weighted by atomic mass is 35.5. The molecule has 2 heterocycles. The predicted molar refractivity (Wildman–Crippen MR) is 105 cm³/mol. The third kappa shape index (κ3) is 5.19. The normalized spacial score (nSPS) is 25.1. The maximum atomic E-state index is 12.9. The van der Waals surface area contributed by atoms with Crippen molar-refractivity contribution in [2.24, 2.45) is 11.3 Å². The molecule has 1 aromatic rings. The van der Waals surface area contributed by atoms with Gasteiger partial charge in [0.05, 0.1) is 18.6 Å². The highest BCUT2D eigenvalue weighted by molar-refractivity contribution is 5.85. The summed E-state index contributed by atoms with van der Waals surface area (Å²) in [6.45, 7) is 4.07. The van der Waals surface area contributed by atoms with E-state index >= 15 is 0 Å². The number of amides is 1. The molecule has 0 radical (unpaired) electrons. The summed E-state index contributed by atoms with van der Waals surface area (Å²) in [4.78, 5) is 12.9. The number of methoxy groups -OCH3 is 1. The molecular weight excluding hydrogens is 352 g/mol. The van der Waals surface area contributed by atoms with Gasteiger partial charge in [0.25, 0.3) is 0 Å².